The maximum Gasteiger partial charge on any atom is 0.278 e. The minimum absolute atomic E-state index is 0.129. The highest BCUT2D eigenvalue weighted by atomic mass is 32.1. The van der Waals surface area contributed by atoms with Crippen molar-refractivity contribution in [2.75, 3.05) is 32.1 Å². The van der Waals surface area contributed by atoms with Gasteiger partial charge in [-0.2, -0.15) is 5.10 Å². The van der Waals surface area contributed by atoms with Crippen LogP contribution < -0.4 is 4.90 Å². The molecule has 0 atom stereocenters. The van der Waals surface area contributed by atoms with Crippen LogP contribution >= 0.6 is 11.3 Å². The third-order valence-electron chi connectivity index (χ3n) is 4.22. The number of anilines is 1. The van der Waals surface area contributed by atoms with Crippen LogP contribution in [-0.4, -0.2) is 52.8 Å². The smallest absolute Gasteiger partial charge is 0.278 e. The molecule has 0 unspecified atom stereocenters. The third-order valence-corrected chi connectivity index (χ3v) is 5.26. The molecule has 0 radical (unpaired) electrons. The number of amides is 1. The number of fused-ring (bicyclic) bond motifs is 1. The average molecular weight is 390 g/mol. The zero-order valence-electron chi connectivity index (χ0n) is 16.1. The summed E-state index contributed by atoms with van der Waals surface area (Å²) in [4.78, 5) is 21.6. The van der Waals surface area contributed by atoms with E-state index in [0.717, 1.165) is 23.4 Å². The van der Waals surface area contributed by atoms with Gasteiger partial charge in [-0.05, 0) is 65.2 Å². The lowest BCUT2D eigenvalue weighted by atomic mass is 10.3. The van der Waals surface area contributed by atoms with E-state index in [-0.39, 0.29) is 11.7 Å². The highest BCUT2D eigenvalue weighted by molar-refractivity contribution is 7.22. The Morgan fingerprint density at radius 1 is 1.26 bits per heavy atom. The minimum atomic E-state index is -0.303. The second-order valence-corrected chi connectivity index (χ2v) is 7.72. The number of rotatable bonds is 7. The molecule has 144 valence electrons. The number of benzene rings is 1. The van der Waals surface area contributed by atoms with Crippen molar-refractivity contribution < 1.29 is 9.18 Å². The van der Waals surface area contributed by atoms with Gasteiger partial charge >= 0.3 is 0 Å². The summed E-state index contributed by atoms with van der Waals surface area (Å²) in [5, 5.41) is 4.97. The molecular formula is C19H24FN5OS. The van der Waals surface area contributed by atoms with E-state index in [2.05, 4.69) is 15.0 Å². The van der Waals surface area contributed by atoms with Crippen molar-refractivity contribution in [1.82, 2.24) is 19.7 Å². The maximum absolute atomic E-state index is 13.5. The van der Waals surface area contributed by atoms with Gasteiger partial charge < -0.3 is 4.90 Å². The summed E-state index contributed by atoms with van der Waals surface area (Å²) < 4.78 is 16.0. The average Bonchev–Trinajstić information content (AvgIpc) is 3.20. The first kappa shape index (κ1) is 19.4. The first-order valence-corrected chi connectivity index (χ1v) is 9.78. The van der Waals surface area contributed by atoms with Crippen LogP contribution in [0.1, 0.15) is 29.5 Å². The van der Waals surface area contributed by atoms with Crippen LogP contribution in [-0.2, 0) is 6.54 Å². The Morgan fingerprint density at radius 2 is 2.04 bits per heavy atom. The molecule has 0 saturated carbocycles. The Balaban J connectivity index is 1.97. The zero-order chi connectivity index (χ0) is 19.6. The fourth-order valence-corrected chi connectivity index (χ4v) is 3.94. The molecular weight excluding hydrogens is 365 g/mol. The number of carbonyl (C=O) groups is 1. The lowest BCUT2D eigenvalue weighted by Gasteiger charge is -2.21. The van der Waals surface area contributed by atoms with Crippen LogP contribution in [0.4, 0.5) is 9.52 Å². The first-order valence-electron chi connectivity index (χ1n) is 8.96. The summed E-state index contributed by atoms with van der Waals surface area (Å²) in [6, 6.07) is 6.30. The molecule has 0 aliphatic heterocycles. The Hall–Kier alpha value is -2.32. The second-order valence-electron chi connectivity index (χ2n) is 6.71. The lowest BCUT2D eigenvalue weighted by Crippen LogP contribution is -2.34. The summed E-state index contributed by atoms with van der Waals surface area (Å²) in [6.07, 6.45) is 0.808. The summed E-state index contributed by atoms with van der Waals surface area (Å²) >= 11 is 1.33. The highest BCUT2D eigenvalue weighted by Crippen LogP contribution is 2.30. The maximum atomic E-state index is 13.5. The molecule has 2 aromatic heterocycles. The van der Waals surface area contributed by atoms with Gasteiger partial charge in [0.1, 0.15) is 11.5 Å². The predicted molar refractivity (Wildman–Crippen MR) is 107 cm³/mol. The van der Waals surface area contributed by atoms with Gasteiger partial charge in [0.05, 0.1) is 15.9 Å². The fourth-order valence-electron chi connectivity index (χ4n) is 2.93. The van der Waals surface area contributed by atoms with Crippen LogP contribution in [0.25, 0.3) is 10.2 Å². The number of hydrogen-bond donors (Lipinski definition) is 0. The molecule has 6 nitrogen and oxygen atoms in total. The van der Waals surface area contributed by atoms with Crippen molar-refractivity contribution in [2.24, 2.45) is 0 Å². The molecule has 0 saturated heterocycles. The molecule has 1 aromatic carbocycles. The van der Waals surface area contributed by atoms with Crippen molar-refractivity contribution >= 4 is 32.6 Å². The van der Waals surface area contributed by atoms with Gasteiger partial charge in [-0.25, -0.2) is 9.37 Å². The molecule has 1 amide bonds. The standard InChI is InChI=1S/C19H24FN5OS/c1-5-25-16(11-13(2)22-25)18(26)24(10-6-9-23(3)4)19-21-15-8-7-14(20)12-17(15)27-19/h7-8,11-12H,5-6,9-10H2,1-4H3. The van der Waals surface area contributed by atoms with Crippen LogP contribution in [0.2, 0.25) is 0 Å². The van der Waals surface area contributed by atoms with Crippen molar-refractivity contribution in [3.05, 3.63) is 41.5 Å². The topological polar surface area (TPSA) is 54.3 Å². The number of aryl methyl sites for hydroxylation is 2. The van der Waals surface area contributed by atoms with E-state index in [1.54, 1.807) is 21.7 Å². The van der Waals surface area contributed by atoms with E-state index in [9.17, 15) is 9.18 Å². The summed E-state index contributed by atoms with van der Waals surface area (Å²) in [7, 11) is 4.00. The molecule has 0 N–H and O–H groups in total. The first-order chi connectivity index (χ1) is 12.9. The number of nitrogens with zero attached hydrogens (tertiary/aromatic N) is 5. The van der Waals surface area contributed by atoms with E-state index in [1.165, 1.54) is 23.5 Å². The SMILES string of the molecule is CCn1nc(C)cc1C(=O)N(CCCN(C)C)c1nc2ccc(F)cc2s1. The molecule has 0 spiro atoms. The van der Waals surface area contributed by atoms with Gasteiger partial charge in [0, 0.05) is 13.1 Å². The van der Waals surface area contributed by atoms with E-state index in [1.807, 2.05) is 27.9 Å². The summed E-state index contributed by atoms with van der Waals surface area (Å²) in [6.45, 7) is 5.84. The van der Waals surface area contributed by atoms with Crippen LogP contribution in [0, 0.1) is 12.7 Å². The molecule has 27 heavy (non-hydrogen) atoms. The van der Waals surface area contributed by atoms with Crippen LogP contribution in [0.15, 0.2) is 24.3 Å². The van der Waals surface area contributed by atoms with Crippen molar-refractivity contribution in [3.63, 3.8) is 0 Å². The zero-order valence-corrected chi connectivity index (χ0v) is 16.9. The lowest BCUT2D eigenvalue weighted by molar-refractivity contribution is 0.0975. The number of thiazole rings is 1. The van der Waals surface area contributed by atoms with Crippen molar-refractivity contribution in [3.8, 4) is 0 Å². The Bertz CT molecular complexity index is 949. The Morgan fingerprint density at radius 3 is 2.74 bits per heavy atom. The number of hydrogen-bond acceptors (Lipinski definition) is 5. The fraction of sp³-hybridized carbons (Fsp3) is 0.421. The largest absolute Gasteiger partial charge is 0.309 e. The molecule has 0 fully saturated rings. The van der Waals surface area contributed by atoms with Gasteiger partial charge in [0.15, 0.2) is 5.13 Å². The molecule has 0 aliphatic carbocycles. The monoisotopic (exact) mass is 389 g/mol. The number of aromatic nitrogens is 3. The van der Waals surface area contributed by atoms with Gasteiger partial charge in [0.2, 0.25) is 0 Å². The van der Waals surface area contributed by atoms with Crippen LogP contribution in [0.3, 0.4) is 0 Å². The molecule has 0 aliphatic rings. The normalized spacial score (nSPS) is 11.5. The van der Waals surface area contributed by atoms with E-state index in [4.69, 9.17) is 0 Å². The molecule has 2 heterocycles. The quantitative estimate of drug-likeness (QED) is 0.620. The van der Waals surface area contributed by atoms with Gasteiger partial charge in [-0.3, -0.25) is 14.4 Å². The minimum Gasteiger partial charge on any atom is -0.309 e. The Kier molecular flexibility index (Phi) is 5.86. The van der Waals surface area contributed by atoms with Gasteiger partial charge in [-0.1, -0.05) is 11.3 Å². The molecule has 3 rings (SSSR count). The van der Waals surface area contributed by atoms with Crippen molar-refractivity contribution in [2.45, 2.75) is 26.8 Å². The van der Waals surface area contributed by atoms with Gasteiger partial charge in [-0.15, -0.1) is 0 Å². The van der Waals surface area contributed by atoms with E-state index in [0.29, 0.717) is 29.4 Å². The number of halogens is 1. The van der Waals surface area contributed by atoms with E-state index >= 15 is 0 Å². The number of carbonyl (C=O) groups excluding carboxylic acids is 1. The highest BCUT2D eigenvalue weighted by Gasteiger charge is 2.24. The second kappa shape index (κ2) is 8.14. The molecule has 8 heteroatoms. The summed E-state index contributed by atoms with van der Waals surface area (Å²) in [5.41, 5.74) is 2.05. The third kappa shape index (κ3) is 4.33. The summed E-state index contributed by atoms with van der Waals surface area (Å²) in [5.74, 6) is -0.432. The molecule has 0 bridgehead atoms. The van der Waals surface area contributed by atoms with Crippen LogP contribution in [0.5, 0.6) is 0 Å². The van der Waals surface area contributed by atoms with E-state index < -0.39 is 0 Å². The predicted octanol–water partition coefficient (Wildman–Crippen LogP) is 3.56. The Labute approximate surface area is 162 Å². The molecule has 3 aromatic rings. The van der Waals surface area contributed by atoms with Gasteiger partial charge in [0.25, 0.3) is 5.91 Å². The van der Waals surface area contributed by atoms with Crippen molar-refractivity contribution in [1.29, 1.82) is 0 Å².